The Morgan fingerprint density at radius 3 is 2.56 bits per heavy atom. The first-order valence-corrected chi connectivity index (χ1v) is 9.89. The fraction of sp³-hybridized carbons (Fsp3) is 0.444. The second kappa shape index (κ2) is 7.29. The van der Waals surface area contributed by atoms with E-state index < -0.39 is 15.3 Å². The molecule has 25 heavy (non-hydrogen) atoms. The number of furan rings is 1. The number of hydroxylamine groups is 2. The van der Waals surface area contributed by atoms with E-state index in [2.05, 4.69) is 18.6 Å². The van der Waals surface area contributed by atoms with E-state index in [0.29, 0.717) is 11.7 Å². The van der Waals surface area contributed by atoms with Gasteiger partial charge in [-0.1, -0.05) is 38.1 Å². The molecule has 1 aliphatic heterocycles. The molecule has 7 heteroatoms. The highest BCUT2D eigenvalue weighted by Gasteiger charge is 2.43. The molecule has 2 atom stereocenters. The van der Waals surface area contributed by atoms with E-state index in [-0.39, 0.29) is 19.2 Å². The second-order valence-electron chi connectivity index (χ2n) is 6.59. The summed E-state index contributed by atoms with van der Waals surface area (Å²) in [6.45, 7) is 4.52. The van der Waals surface area contributed by atoms with Gasteiger partial charge in [0.1, 0.15) is 11.0 Å². The highest BCUT2D eigenvalue weighted by molar-refractivity contribution is 7.90. The van der Waals surface area contributed by atoms with Gasteiger partial charge in [-0.2, -0.15) is 5.06 Å². The van der Waals surface area contributed by atoms with Crippen LogP contribution in [0.3, 0.4) is 0 Å². The molecule has 136 valence electrons. The van der Waals surface area contributed by atoms with Gasteiger partial charge in [0.05, 0.1) is 25.5 Å². The Morgan fingerprint density at radius 2 is 1.96 bits per heavy atom. The standard InChI is InChI=1S/C18H24N2O4S/c1-13(2)14-6-8-15(9-7-14)18-17(12-24-20(18)3)25(21,22)19-11-16-5-4-10-23-16/h4-10,13,17-19H,11-12H2,1-3H3/t17-,18+/m1/s1. The molecule has 1 N–H and O–H groups in total. The number of hydrogen-bond donors (Lipinski definition) is 1. The van der Waals surface area contributed by atoms with Crippen LogP contribution in [0.15, 0.2) is 47.1 Å². The van der Waals surface area contributed by atoms with Crippen molar-refractivity contribution in [1.82, 2.24) is 9.79 Å². The van der Waals surface area contributed by atoms with Crippen LogP contribution in [-0.2, 0) is 21.4 Å². The van der Waals surface area contributed by atoms with Crippen LogP contribution in [0.5, 0.6) is 0 Å². The third-order valence-corrected chi connectivity index (χ3v) is 6.29. The van der Waals surface area contributed by atoms with Crippen molar-refractivity contribution >= 4 is 10.0 Å². The molecule has 0 unspecified atom stereocenters. The summed E-state index contributed by atoms with van der Waals surface area (Å²) in [5, 5.41) is 0.943. The van der Waals surface area contributed by atoms with Gasteiger partial charge in [-0.05, 0) is 29.2 Å². The van der Waals surface area contributed by atoms with E-state index in [4.69, 9.17) is 9.25 Å². The molecule has 2 heterocycles. The molecule has 0 radical (unpaired) electrons. The molecule has 0 bridgehead atoms. The quantitative estimate of drug-likeness (QED) is 0.853. The normalized spacial score (nSPS) is 21.9. The van der Waals surface area contributed by atoms with Crippen LogP contribution in [0.25, 0.3) is 0 Å². The summed E-state index contributed by atoms with van der Waals surface area (Å²) in [7, 11) is -1.80. The zero-order chi connectivity index (χ0) is 18.0. The zero-order valence-corrected chi connectivity index (χ0v) is 15.5. The fourth-order valence-corrected chi connectivity index (χ4v) is 4.52. The van der Waals surface area contributed by atoms with Gasteiger partial charge in [0.25, 0.3) is 0 Å². The van der Waals surface area contributed by atoms with Gasteiger partial charge in [0.2, 0.25) is 10.0 Å². The van der Waals surface area contributed by atoms with Gasteiger partial charge < -0.3 is 4.42 Å². The summed E-state index contributed by atoms with van der Waals surface area (Å²) in [4.78, 5) is 5.52. The SMILES string of the molecule is CC(C)c1ccc([C@H]2[C@H](S(=O)(=O)NCc3ccco3)CON2C)cc1. The third kappa shape index (κ3) is 3.95. The minimum atomic E-state index is -3.57. The average molecular weight is 364 g/mol. The fourth-order valence-electron chi connectivity index (χ4n) is 3.05. The van der Waals surface area contributed by atoms with Crippen molar-refractivity contribution in [3.63, 3.8) is 0 Å². The van der Waals surface area contributed by atoms with Crippen LogP contribution < -0.4 is 4.72 Å². The first-order valence-electron chi connectivity index (χ1n) is 8.35. The van der Waals surface area contributed by atoms with Crippen molar-refractivity contribution in [2.75, 3.05) is 13.7 Å². The molecule has 0 saturated carbocycles. The Morgan fingerprint density at radius 1 is 1.24 bits per heavy atom. The lowest BCUT2D eigenvalue weighted by molar-refractivity contribution is -0.110. The molecule has 3 rings (SSSR count). The van der Waals surface area contributed by atoms with Crippen LogP contribution in [-0.4, -0.2) is 32.4 Å². The Hall–Kier alpha value is -1.67. The summed E-state index contributed by atoms with van der Waals surface area (Å²) in [6, 6.07) is 11.2. The zero-order valence-electron chi connectivity index (χ0n) is 14.7. The highest BCUT2D eigenvalue weighted by atomic mass is 32.2. The maximum atomic E-state index is 12.8. The lowest BCUT2D eigenvalue weighted by Gasteiger charge is -2.23. The monoisotopic (exact) mass is 364 g/mol. The van der Waals surface area contributed by atoms with Gasteiger partial charge in [-0.25, -0.2) is 13.1 Å². The number of sulfonamides is 1. The summed E-state index contributed by atoms with van der Waals surface area (Å²) in [5.41, 5.74) is 2.15. The maximum Gasteiger partial charge on any atom is 0.219 e. The van der Waals surface area contributed by atoms with Gasteiger partial charge in [0, 0.05) is 7.05 Å². The molecule has 0 aliphatic carbocycles. The Labute approximate surface area is 148 Å². The van der Waals surface area contributed by atoms with Crippen LogP contribution in [0.2, 0.25) is 0 Å². The molecule has 1 aromatic carbocycles. The molecule has 1 aliphatic rings. The van der Waals surface area contributed by atoms with E-state index in [0.717, 1.165) is 5.56 Å². The number of benzene rings is 1. The first-order chi connectivity index (χ1) is 11.9. The molecular formula is C18H24N2O4S. The lowest BCUT2D eigenvalue weighted by atomic mass is 9.98. The molecule has 1 fully saturated rings. The van der Waals surface area contributed by atoms with Crippen LogP contribution >= 0.6 is 0 Å². The smallest absolute Gasteiger partial charge is 0.219 e. The summed E-state index contributed by atoms with van der Waals surface area (Å²) >= 11 is 0. The van der Waals surface area contributed by atoms with E-state index in [1.165, 1.54) is 11.8 Å². The minimum absolute atomic E-state index is 0.126. The molecule has 0 amide bonds. The third-order valence-electron chi connectivity index (χ3n) is 4.56. The largest absolute Gasteiger partial charge is 0.468 e. The molecule has 0 spiro atoms. The molecule has 1 saturated heterocycles. The maximum absolute atomic E-state index is 12.8. The Bertz CT molecular complexity index is 785. The highest BCUT2D eigenvalue weighted by Crippen LogP contribution is 2.33. The van der Waals surface area contributed by atoms with Crippen molar-refractivity contribution in [3.8, 4) is 0 Å². The van der Waals surface area contributed by atoms with Gasteiger partial charge >= 0.3 is 0 Å². The van der Waals surface area contributed by atoms with Crippen LogP contribution in [0, 0.1) is 0 Å². The predicted octanol–water partition coefficient (Wildman–Crippen LogP) is 2.81. The van der Waals surface area contributed by atoms with Crippen LogP contribution in [0.1, 0.15) is 42.7 Å². The van der Waals surface area contributed by atoms with E-state index >= 15 is 0 Å². The summed E-state index contributed by atoms with van der Waals surface area (Å²) in [6.07, 6.45) is 1.52. The Balaban J connectivity index is 1.79. The van der Waals surface area contributed by atoms with Crippen molar-refractivity contribution < 1.29 is 17.7 Å². The number of rotatable bonds is 6. The van der Waals surface area contributed by atoms with Gasteiger partial charge in [-0.15, -0.1) is 0 Å². The predicted molar refractivity (Wildman–Crippen MR) is 95.2 cm³/mol. The van der Waals surface area contributed by atoms with E-state index in [1.54, 1.807) is 24.2 Å². The van der Waals surface area contributed by atoms with Gasteiger partial charge in [-0.3, -0.25) is 4.84 Å². The van der Waals surface area contributed by atoms with E-state index in [9.17, 15) is 8.42 Å². The summed E-state index contributed by atoms with van der Waals surface area (Å²) in [5.74, 6) is 1.01. The van der Waals surface area contributed by atoms with Crippen LogP contribution in [0.4, 0.5) is 0 Å². The van der Waals surface area contributed by atoms with Crippen molar-refractivity contribution in [1.29, 1.82) is 0 Å². The lowest BCUT2D eigenvalue weighted by Crippen LogP contribution is -2.39. The first kappa shape index (κ1) is 18.1. The topological polar surface area (TPSA) is 71.8 Å². The number of hydrogen-bond acceptors (Lipinski definition) is 5. The molecule has 6 nitrogen and oxygen atoms in total. The van der Waals surface area contributed by atoms with Crippen molar-refractivity contribution in [3.05, 3.63) is 59.5 Å². The van der Waals surface area contributed by atoms with Gasteiger partial charge in [0.15, 0.2) is 0 Å². The summed E-state index contributed by atoms with van der Waals surface area (Å²) < 4.78 is 33.4. The number of nitrogens with zero attached hydrogens (tertiary/aromatic N) is 1. The average Bonchev–Trinajstić information content (AvgIpc) is 3.23. The van der Waals surface area contributed by atoms with Crippen molar-refractivity contribution in [2.24, 2.45) is 0 Å². The minimum Gasteiger partial charge on any atom is -0.468 e. The Kier molecular flexibility index (Phi) is 5.29. The number of nitrogens with one attached hydrogen (secondary N) is 1. The molecular weight excluding hydrogens is 340 g/mol. The van der Waals surface area contributed by atoms with E-state index in [1.807, 2.05) is 24.3 Å². The second-order valence-corrected chi connectivity index (χ2v) is 8.58. The molecule has 1 aromatic heterocycles. The molecule has 2 aromatic rings. The van der Waals surface area contributed by atoms with Crippen molar-refractivity contribution in [2.45, 2.75) is 37.6 Å².